The summed E-state index contributed by atoms with van der Waals surface area (Å²) in [6.45, 7) is 0. The van der Waals surface area contributed by atoms with E-state index < -0.39 is 0 Å². The standard InChI is InChI=1S/Ga.Mg.O.Zn.5H/q;+2;;;;;;2*-1. The van der Waals surface area contributed by atoms with E-state index in [1.165, 1.54) is 0 Å². The van der Waals surface area contributed by atoms with Crippen molar-refractivity contribution in [2.75, 3.05) is 0 Å². The molecule has 0 unspecified atom stereocenters. The van der Waals surface area contributed by atoms with Crippen molar-refractivity contribution in [1.29, 1.82) is 0 Å². The Balaban J connectivity index is -0.000000000833. The fourth-order valence-electron chi connectivity index (χ4n) is 0. The predicted molar refractivity (Wildman–Crippen MR) is 18.6 cm³/mol. The molecule has 18 valence electrons. The van der Waals surface area contributed by atoms with Crippen LogP contribution in [0.5, 0.6) is 0 Å². The molecule has 0 bridgehead atoms. The number of rotatable bonds is 0. The molecule has 0 fully saturated rings. The van der Waals surface area contributed by atoms with Crippen molar-refractivity contribution in [2.45, 2.75) is 0 Å². The monoisotopic (exact) mass is 178 g/mol. The molecule has 0 atom stereocenters. The Morgan fingerprint density at radius 3 is 1.50 bits per heavy atom. The zero-order valence-corrected chi connectivity index (χ0v) is 6.20. The van der Waals surface area contributed by atoms with Gasteiger partial charge in [-0.25, -0.2) is 0 Å². The summed E-state index contributed by atoms with van der Waals surface area (Å²) in [5, 5.41) is 0. The third kappa shape index (κ3) is 9.16. The molecule has 0 aromatic rings. The van der Waals surface area contributed by atoms with E-state index in [9.17, 15) is 0 Å². The first-order valence-corrected chi connectivity index (χ1v) is 1.50. The molecular formula is H5GaMgOZn. The summed E-state index contributed by atoms with van der Waals surface area (Å²) in [7, 11) is 0. The van der Waals surface area contributed by atoms with Crippen LogP contribution in [-0.2, 0) is 21.8 Å². The minimum atomic E-state index is 0. The van der Waals surface area contributed by atoms with Gasteiger partial charge in [0.2, 0.25) is 0 Å². The molecule has 0 amide bonds. The predicted octanol–water partition coefficient (Wildman–Crippen LogP) is -1.46. The van der Waals surface area contributed by atoms with Crippen LogP contribution in [0.25, 0.3) is 0 Å². The molecule has 0 rings (SSSR count). The second-order valence-electron chi connectivity index (χ2n) is 0. The van der Waals surface area contributed by atoms with Gasteiger partial charge in [-0.1, -0.05) is 0 Å². The molecule has 0 aliphatic rings. The molecule has 0 aliphatic heterocycles. The zero-order valence-electron chi connectivity index (χ0n) is 3.82. The SMILES string of the molecule is [GaH3].[H-].[H-].[Mg+2].[O]=[Zn]. The average molecular weight is 180 g/mol. The molecule has 4 heteroatoms. The van der Waals surface area contributed by atoms with E-state index >= 15 is 0 Å². The molecule has 0 radical (unpaired) electrons. The van der Waals surface area contributed by atoms with E-state index in [1.54, 1.807) is 0 Å². The quantitative estimate of drug-likeness (QED) is 0.417. The van der Waals surface area contributed by atoms with Crippen molar-refractivity contribution in [3.8, 4) is 0 Å². The van der Waals surface area contributed by atoms with Gasteiger partial charge in [-0.2, -0.15) is 0 Å². The Kier molecular flexibility index (Phi) is 90.0. The summed E-state index contributed by atoms with van der Waals surface area (Å²) < 4.78 is 8.38. The van der Waals surface area contributed by atoms with Crippen LogP contribution in [0, 0.1) is 0 Å². The Bertz CT molecular complexity index is 13.5. The van der Waals surface area contributed by atoms with Crippen molar-refractivity contribution >= 4 is 42.8 Å². The molecule has 0 aromatic heterocycles. The maximum absolute atomic E-state index is 8.38. The van der Waals surface area contributed by atoms with Crippen LogP contribution in [0.15, 0.2) is 0 Å². The number of hydrogen-bond donors (Lipinski definition) is 0. The normalized spacial score (nSPS) is 1.50. The third-order valence-electron chi connectivity index (χ3n) is 0. The topological polar surface area (TPSA) is 17.1 Å². The fraction of sp³-hybridized carbons (Fsp3) is 0. The molecule has 0 N–H and O–H groups in total. The van der Waals surface area contributed by atoms with Gasteiger partial charge in [0.25, 0.3) is 0 Å². The van der Waals surface area contributed by atoms with E-state index in [4.69, 9.17) is 3.57 Å². The van der Waals surface area contributed by atoms with Crippen molar-refractivity contribution in [3.63, 3.8) is 0 Å². The molecular weight excluding hydrogens is 175 g/mol. The Morgan fingerprint density at radius 1 is 1.50 bits per heavy atom. The first kappa shape index (κ1) is 17.0. The van der Waals surface area contributed by atoms with Gasteiger partial charge in [-0.3, -0.25) is 0 Å². The summed E-state index contributed by atoms with van der Waals surface area (Å²) >= 11 is 0.125. The molecule has 0 saturated heterocycles. The van der Waals surface area contributed by atoms with E-state index in [0.717, 1.165) is 0 Å². The van der Waals surface area contributed by atoms with Gasteiger partial charge in [0, 0.05) is 0 Å². The van der Waals surface area contributed by atoms with E-state index in [1.807, 2.05) is 0 Å². The first-order chi connectivity index (χ1) is 1.00. The summed E-state index contributed by atoms with van der Waals surface area (Å²) in [5.41, 5.74) is 0. The summed E-state index contributed by atoms with van der Waals surface area (Å²) in [5.74, 6) is 0. The second kappa shape index (κ2) is 21.2. The maximum atomic E-state index is 8.38. The minimum absolute atomic E-state index is 0. The fourth-order valence-corrected chi connectivity index (χ4v) is 0. The molecule has 0 aromatic carbocycles. The van der Waals surface area contributed by atoms with E-state index in [0.29, 0.717) is 0 Å². The Morgan fingerprint density at radius 2 is 1.50 bits per heavy atom. The Labute approximate surface area is 67.0 Å². The van der Waals surface area contributed by atoms with Crippen LogP contribution in [0.4, 0.5) is 0 Å². The van der Waals surface area contributed by atoms with Gasteiger partial charge >= 0.3 is 64.7 Å². The Hall–Kier alpha value is 1.83. The van der Waals surface area contributed by atoms with Crippen LogP contribution < -0.4 is 0 Å². The van der Waals surface area contributed by atoms with Gasteiger partial charge in [0.15, 0.2) is 0 Å². The molecule has 4 heavy (non-hydrogen) atoms. The molecule has 1 nitrogen and oxygen atoms in total. The van der Waals surface area contributed by atoms with Crippen molar-refractivity contribution in [3.05, 3.63) is 0 Å². The third-order valence-corrected chi connectivity index (χ3v) is 0. The van der Waals surface area contributed by atoms with Crippen LogP contribution in [-0.4, -0.2) is 42.8 Å². The van der Waals surface area contributed by atoms with Crippen LogP contribution in [0.3, 0.4) is 0 Å². The molecule has 0 spiro atoms. The van der Waals surface area contributed by atoms with Gasteiger partial charge in [0.1, 0.15) is 0 Å². The van der Waals surface area contributed by atoms with Crippen molar-refractivity contribution < 1.29 is 24.7 Å². The zero-order chi connectivity index (χ0) is 2.00. The molecule has 0 aliphatic carbocycles. The van der Waals surface area contributed by atoms with Crippen LogP contribution in [0.1, 0.15) is 2.85 Å². The second-order valence-corrected chi connectivity index (χ2v) is 0. The van der Waals surface area contributed by atoms with E-state index in [-0.39, 0.29) is 63.9 Å². The first-order valence-electron chi connectivity index (χ1n) is 0.289. The van der Waals surface area contributed by atoms with Gasteiger partial charge in [0.05, 0.1) is 0 Å². The van der Waals surface area contributed by atoms with Crippen LogP contribution >= 0.6 is 0 Å². The molecule has 0 saturated carbocycles. The summed E-state index contributed by atoms with van der Waals surface area (Å²) in [4.78, 5) is 0. The van der Waals surface area contributed by atoms with Gasteiger partial charge < -0.3 is 2.85 Å². The van der Waals surface area contributed by atoms with Crippen molar-refractivity contribution in [1.82, 2.24) is 0 Å². The number of hydrogen-bond acceptors (Lipinski definition) is 1. The van der Waals surface area contributed by atoms with Crippen LogP contribution in [0.2, 0.25) is 0 Å². The summed E-state index contributed by atoms with van der Waals surface area (Å²) in [6, 6.07) is 0. The van der Waals surface area contributed by atoms with Gasteiger partial charge in [-0.15, -0.1) is 0 Å². The molecule has 0 heterocycles. The summed E-state index contributed by atoms with van der Waals surface area (Å²) in [6.07, 6.45) is 0. The van der Waals surface area contributed by atoms with E-state index in [2.05, 4.69) is 0 Å². The van der Waals surface area contributed by atoms with Gasteiger partial charge in [-0.05, 0) is 0 Å². The average Bonchev–Trinajstić information content (AvgIpc) is 1.00. The van der Waals surface area contributed by atoms with Crippen molar-refractivity contribution in [2.24, 2.45) is 0 Å².